The molecule has 0 unspecified atom stereocenters. The van der Waals surface area contributed by atoms with Crippen LogP contribution in [0.2, 0.25) is 0 Å². The van der Waals surface area contributed by atoms with Crippen molar-refractivity contribution in [1.82, 2.24) is 10.3 Å². The summed E-state index contributed by atoms with van der Waals surface area (Å²) in [7, 11) is -4.67. The van der Waals surface area contributed by atoms with Crippen LogP contribution < -0.4 is 10.3 Å². The average molecular weight is 346 g/mol. The van der Waals surface area contributed by atoms with Crippen molar-refractivity contribution in [2.45, 2.75) is 4.90 Å². The van der Waals surface area contributed by atoms with Gasteiger partial charge in [0.2, 0.25) is 0 Å². The van der Waals surface area contributed by atoms with Crippen LogP contribution >= 0.6 is 0 Å². The number of carbonyl (C=O) groups excluding carboxylic acids is 1. The molecule has 0 aliphatic carbocycles. The van der Waals surface area contributed by atoms with Gasteiger partial charge in [-0.25, -0.2) is 21.6 Å². The van der Waals surface area contributed by atoms with Gasteiger partial charge in [0.25, 0.3) is 15.9 Å². The molecule has 2 aromatic carbocycles. The minimum atomic E-state index is -4.67. The highest BCUT2D eigenvalue weighted by atomic mass is 32.2. The number of hydrazine groups is 1. The average Bonchev–Trinajstić information content (AvgIpc) is 2.50. The molecule has 3 N–H and O–H groups in total. The van der Waals surface area contributed by atoms with E-state index in [1.165, 1.54) is 18.2 Å². The molecule has 0 saturated heterocycles. The van der Waals surface area contributed by atoms with Crippen LogP contribution in [0.25, 0.3) is 0 Å². The maximum absolute atomic E-state index is 13.5. The van der Waals surface area contributed by atoms with E-state index in [0.29, 0.717) is 12.1 Å². The Morgan fingerprint density at radius 3 is 2.39 bits per heavy atom. The first-order chi connectivity index (χ1) is 10.7. The minimum Gasteiger partial charge on any atom is -0.508 e. The van der Waals surface area contributed by atoms with Crippen molar-refractivity contribution in [3.05, 3.63) is 59.4 Å². The number of hydrogen-bond acceptors (Lipinski definition) is 4. The second-order valence-electron chi connectivity index (χ2n) is 4.28. The van der Waals surface area contributed by atoms with Crippen LogP contribution in [-0.2, 0) is 10.0 Å². The van der Waals surface area contributed by atoms with Gasteiger partial charge >= 0.3 is 0 Å². The molecule has 0 atom stereocenters. The quantitative estimate of drug-likeness (QED) is 0.577. The summed E-state index contributed by atoms with van der Waals surface area (Å²) in [4.78, 5) is 12.1. The van der Waals surface area contributed by atoms with Crippen LogP contribution in [0.3, 0.4) is 0 Å². The number of nitrogens with one attached hydrogen (secondary N) is 2. The molecule has 0 aromatic heterocycles. The third kappa shape index (κ3) is 3.60. The molecule has 0 aliphatic heterocycles. The molecule has 122 valence electrons. The van der Waals surface area contributed by atoms with E-state index >= 15 is 0 Å². The van der Waals surface area contributed by atoms with Crippen LogP contribution in [-0.4, -0.2) is 19.4 Å². The van der Waals surface area contributed by atoms with Gasteiger partial charge in [-0.1, -0.05) is 6.07 Å². The molecule has 0 spiro atoms. The summed E-state index contributed by atoms with van der Waals surface area (Å²) in [5.74, 6) is -6.60. The Morgan fingerprint density at radius 2 is 1.74 bits per heavy atom. The zero-order chi connectivity index (χ0) is 17.2. The Bertz CT molecular complexity index is 872. The number of rotatable bonds is 4. The lowest BCUT2D eigenvalue weighted by Crippen LogP contribution is -2.41. The van der Waals surface area contributed by atoms with Gasteiger partial charge in [-0.3, -0.25) is 10.2 Å². The SMILES string of the molecule is O=C(NNS(=O)(=O)c1ccc(F)c(F)c1F)c1cccc(O)c1. The third-order valence-electron chi connectivity index (χ3n) is 2.70. The molecule has 23 heavy (non-hydrogen) atoms. The van der Waals surface area contributed by atoms with Gasteiger partial charge < -0.3 is 5.11 Å². The first kappa shape index (κ1) is 16.8. The molecular formula is C13H9F3N2O4S. The van der Waals surface area contributed by atoms with Crippen LogP contribution in [0.15, 0.2) is 41.3 Å². The number of hydrogen-bond donors (Lipinski definition) is 3. The molecule has 2 rings (SSSR count). The molecule has 0 aliphatic rings. The second-order valence-corrected chi connectivity index (χ2v) is 5.93. The second kappa shape index (κ2) is 6.26. The molecule has 1 amide bonds. The van der Waals surface area contributed by atoms with Gasteiger partial charge in [0.05, 0.1) is 0 Å². The Labute approximate surface area is 128 Å². The lowest BCUT2D eigenvalue weighted by atomic mass is 10.2. The van der Waals surface area contributed by atoms with Crippen molar-refractivity contribution in [1.29, 1.82) is 0 Å². The zero-order valence-electron chi connectivity index (χ0n) is 11.2. The van der Waals surface area contributed by atoms with E-state index in [-0.39, 0.29) is 11.3 Å². The summed E-state index contributed by atoms with van der Waals surface area (Å²) in [6.07, 6.45) is 0. The molecule has 0 radical (unpaired) electrons. The number of benzene rings is 2. The summed E-state index contributed by atoms with van der Waals surface area (Å²) in [6, 6.07) is 5.91. The van der Waals surface area contributed by atoms with Gasteiger partial charge in [0, 0.05) is 5.56 Å². The van der Waals surface area contributed by atoms with E-state index in [0.717, 1.165) is 6.07 Å². The van der Waals surface area contributed by atoms with Crippen molar-refractivity contribution < 1.29 is 31.5 Å². The van der Waals surface area contributed by atoms with E-state index in [2.05, 4.69) is 0 Å². The largest absolute Gasteiger partial charge is 0.508 e. The van der Waals surface area contributed by atoms with E-state index in [1.54, 1.807) is 10.3 Å². The Morgan fingerprint density at radius 1 is 1.04 bits per heavy atom. The molecule has 0 saturated carbocycles. The van der Waals surface area contributed by atoms with Crippen LogP contribution in [0.5, 0.6) is 5.75 Å². The smallest absolute Gasteiger partial charge is 0.266 e. The van der Waals surface area contributed by atoms with E-state index < -0.39 is 38.3 Å². The molecule has 0 bridgehead atoms. The lowest BCUT2D eigenvalue weighted by molar-refractivity contribution is 0.0944. The number of amides is 1. The fraction of sp³-hybridized carbons (Fsp3) is 0. The summed E-state index contributed by atoms with van der Waals surface area (Å²) < 4.78 is 63.0. The normalized spacial score (nSPS) is 11.3. The van der Waals surface area contributed by atoms with Gasteiger partial charge in [-0.2, -0.15) is 0 Å². The highest BCUT2D eigenvalue weighted by Gasteiger charge is 2.24. The molecule has 0 fully saturated rings. The minimum absolute atomic E-state index is 0.0848. The molecule has 6 nitrogen and oxygen atoms in total. The topological polar surface area (TPSA) is 95.5 Å². The van der Waals surface area contributed by atoms with Crippen molar-refractivity contribution in [3.63, 3.8) is 0 Å². The van der Waals surface area contributed by atoms with Crippen molar-refractivity contribution in [2.75, 3.05) is 0 Å². The predicted molar refractivity (Wildman–Crippen MR) is 72.2 cm³/mol. The Balaban J connectivity index is 2.20. The number of sulfonamides is 1. The summed E-state index contributed by atoms with van der Waals surface area (Å²) in [5, 5.41) is 9.22. The highest BCUT2D eigenvalue weighted by molar-refractivity contribution is 7.89. The fourth-order valence-corrected chi connectivity index (χ4v) is 2.51. The monoisotopic (exact) mass is 346 g/mol. The predicted octanol–water partition coefficient (Wildman–Crippen LogP) is 1.43. The van der Waals surface area contributed by atoms with Gasteiger partial charge in [0.1, 0.15) is 10.6 Å². The third-order valence-corrected chi connectivity index (χ3v) is 3.96. The summed E-state index contributed by atoms with van der Waals surface area (Å²) >= 11 is 0. The summed E-state index contributed by atoms with van der Waals surface area (Å²) in [6.45, 7) is 0. The standard InChI is InChI=1S/C13H9F3N2O4S/c14-9-4-5-10(12(16)11(9)15)23(21,22)18-17-13(20)7-2-1-3-8(19)6-7/h1-6,18-19H,(H,17,20). The maximum atomic E-state index is 13.5. The van der Waals surface area contributed by atoms with Crippen molar-refractivity contribution >= 4 is 15.9 Å². The highest BCUT2D eigenvalue weighted by Crippen LogP contribution is 2.19. The van der Waals surface area contributed by atoms with Crippen molar-refractivity contribution in [2.24, 2.45) is 0 Å². The van der Waals surface area contributed by atoms with E-state index in [4.69, 9.17) is 0 Å². The number of aromatic hydroxyl groups is 1. The number of carbonyl (C=O) groups is 1. The van der Waals surface area contributed by atoms with E-state index in [9.17, 15) is 31.5 Å². The molecular weight excluding hydrogens is 337 g/mol. The maximum Gasteiger partial charge on any atom is 0.266 e. The van der Waals surface area contributed by atoms with Crippen molar-refractivity contribution in [3.8, 4) is 5.75 Å². The number of halogens is 3. The molecule has 0 heterocycles. The zero-order valence-corrected chi connectivity index (χ0v) is 12.0. The fourth-order valence-electron chi connectivity index (χ4n) is 1.60. The van der Waals surface area contributed by atoms with E-state index in [1.807, 2.05) is 0 Å². The Kier molecular flexibility index (Phi) is 4.57. The summed E-state index contributed by atoms with van der Waals surface area (Å²) in [5.41, 5.74) is 1.67. The first-order valence-electron chi connectivity index (χ1n) is 5.97. The molecule has 2 aromatic rings. The van der Waals surface area contributed by atoms with Gasteiger partial charge in [-0.15, -0.1) is 4.83 Å². The lowest BCUT2D eigenvalue weighted by Gasteiger charge is -2.10. The van der Waals surface area contributed by atoms with Crippen LogP contribution in [0.4, 0.5) is 13.2 Å². The first-order valence-corrected chi connectivity index (χ1v) is 7.45. The number of phenols is 1. The van der Waals surface area contributed by atoms with Crippen LogP contribution in [0, 0.1) is 17.5 Å². The molecule has 10 heteroatoms. The Hall–Kier alpha value is -2.59. The number of phenolic OH excluding ortho intramolecular Hbond substituents is 1. The van der Waals surface area contributed by atoms with Gasteiger partial charge in [0.15, 0.2) is 17.5 Å². The van der Waals surface area contributed by atoms with Crippen LogP contribution in [0.1, 0.15) is 10.4 Å². The van der Waals surface area contributed by atoms with Gasteiger partial charge in [-0.05, 0) is 30.3 Å².